The van der Waals surface area contributed by atoms with Gasteiger partial charge in [-0.05, 0) is 0 Å². The highest BCUT2D eigenvalue weighted by Gasteiger charge is 2.09. The average Bonchev–Trinajstić information content (AvgIpc) is 2.45. The standard InChI is InChI=1S/C7H10N6O/c1-12(2)7-8-5-4(6(14)9-7)10-13(3)11-5/h1-3H3,(H,8,9,11,14). The van der Waals surface area contributed by atoms with Crippen LogP contribution in [0, 0.1) is 0 Å². The van der Waals surface area contributed by atoms with Gasteiger partial charge in [-0.3, -0.25) is 9.78 Å². The van der Waals surface area contributed by atoms with Crippen molar-refractivity contribution in [1.82, 2.24) is 25.0 Å². The van der Waals surface area contributed by atoms with Crippen molar-refractivity contribution in [3.05, 3.63) is 10.4 Å². The van der Waals surface area contributed by atoms with E-state index in [9.17, 15) is 4.79 Å². The molecule has 74 valence electrons. The minimum atomic E-state index is -0.271. The number of rotatable bonds is 1. The molecule has 7 heteroatoms. The lowest BCUT2D eigenvalue weighted by molar-refractivity contribution is 0.663. The van der Waals surface area contributed by atoms with Crippen molar-refractivity contribution in [2.75, 3.05) is 19.0 Å². The van der Waals surface area contributed by atoms with Crippen molar-refractivity contribution in [2.24, 2.45) is 7.05 Å². The molecule has 2 rings (SSSR count). The molecule has 0 amide bonds. The van der Waals surface area contributed by atoms with E-state index >= 15 is 0 Å². The first-order valence-corrected chi connectivity index (χ1v) is 4.06. The van der Waals surface area contributed by atoms with Crippen LogP contribution in [0.25, 0.3) is 11.2 Å². The van der Waals surface area contributed by atoms with Crippen LogP contribution in [0.1, 0.15) is 0 Å². The Kier molecular flexibility index (Phi) is 1.73. The quantitative estimate of drug-likeness (QED) is 0.637. The molecule has 7 nitrogen and oxygen atoms in total. The Morgan fingerprint density at radius 3 is 2.71 bits per heavy atom. The van der Waals surface area contributed by atoms with E-state index in [0.717, 1.165) is 0 Å². The van der Waals surface area contributed by atoms with Crippen molar-refractivity contribution in [3.8, 4) is 0 Å². The first kappa shape index (κ1) is 8.67. The molecule has 0 aliphatic heterocycles. The largest absolute Gasteiger partial charge is 0.348 e. The summed E-state index contributed by atoms with van der Waals surface area (Å²) in [6, 6.07) is 0. The van der Waals surface area contributed by atoms with Gasteiger partial charge in [-0.25, -0.2) is 0 Å². The number of nitrogens with zero attached hydrogens (tertiary/aromatic N) is 5. The molecule has 0 aliphatic carbocycles. The smallest absolute Gasteiger partial charge is 0.282 e. The van der Waals surface area contributed by atoms with Crippen molar-refractivity contribution >= 4 is 17.1 Å². The molecule has 0 atom stereocenters. The number of H-pyrrole nitrogens is 1. The van der Waals surface area contributed by atoms with E-state index in [2.05, 4.69) is 20.2 Å². The maximum Gasteiger partial charge on any atom is 0.282 e. The molecule has 0 aromatic carbocycles. The second-order valence-electron chi connectivity index (χ2n) is 3.15. The minimum Gasteiger partial charge on any atom is -0.348 e. The van der Waals surface area contributed by atoms with Crippen molar-refractivity contribution < 1.29 is 0 Å². The number of hydrogen-bond acceptors (Lipinski definition) is 5. The van der Waals surface area contributed by atoms with E-state index < -0.39 is 0 Å². The first-order chi connectivity index (χ1) is 6.58. The Labute approximate surface area is 79.4 Å². The van der Waals surface area contributed by atoms with E-state index in [0.29, 0.717) is 11.6 Å². The lowest BCUT2D eigenvalue weighted by Gasteiger charge is -2.08. The summed E-state index contributed by atoms with van der Waals surface area (Å²) < 4.78 is 0. The Bertz CT molecular complexity index is 524. The van der Waals surface area contributed by atoms with Crippen molar-refractivity contribution in [1.29, 1.82) is 0 Å². The topological polar surface area (TPSA) is 79.7 Å². The fourth-order valence-corrected chi connectivity index (χ4v) is 1.12. The van der Waals surface area contributed by atoms with Crippen molar-refractivity contribution in [2.45, 2.75) is 0 Å². The summed E-state index contributed by atoms with van der Waals surface area (Å²) >= 11 is 0. The molecule has 14 heavy (non-hydrogen) atoms. The van der Waals surface area contributed by atoms with Gasteiger partial charge in [0.25, 0.3) is 5.56 Å². The molecule has 0 saturated heterocycles. The van der Waals surface area contributed by atoms with Crippen LogP contribution in [0.3, 0.4) is 0 Å². The summed E-state index contributed by atoms with van der Waals surface area (Å²) in [4.78, 5) is 21.2. The summed E-state index contributed by atoms with van der Waals surface area (Å²) in [5.41, 5.74) is 0.352. The van der Waals surface area contributed by atoms with E-state index in [-0.39, 0.29) is 11.1 Å². The van der Waals surface area contributed by atoms with Crippen LogP contribution in [-0.4, -0.2) is 39.1 Å². The second kappa shape index (κ2) is 2.79. The number of hydrogen-bond donors (Lipinski definition) is 1. The molecule has 2 aromatic heterocycles. The predicted molar refractivity (Wildman–Crippen MR) is 51.3 cm³/mol. The van der Waals surface area contributed by atoms with Crippen LogP contribution in [-0.2, 0) is 7.05 Å². The van der Waals surface area contributed by atoms with Crippen LogP contribution in [0.4, 0.5) is 5.95 Å². The molecular weight excluding hydrogens is 184 g/mol. The van der Waals surface area contributed by atoms with Crippen LogP contribution in [0.15, 0.2) is 4.79 Å². The van der Waals surface area contributed by atoms with Crippen LogP contribution in [0.2, 0.25) is 0 Å². The zero-order valence-electron chi connectivity index (χ0n) is 8.14. The third-order valence-electron chi connectivity index (χ3n) is 1.77. The highest BCUT2D eigenvalue weighted by atomic mass is 16.1. The van der Waals surface area contributed by atoms with Crippen LogP contribution >= 0.6 is 0 Å². The summed E-state index contributed by atoms with van der Waals surface area (Å²) in [6.45, 7) is 0. The maximum atomic E-state index is 11.5. The third-order valence-corrected chi connectivity index (χ3v) is 1.77. The average molecular weight is 194 g/mol. The van der Waals surface area contributed by atoms with Gasteiger partial charge in [-0.2, -0.15) is 9.78 Å². The summed E-state index contributed by atoms with van der Waals surface area (Å²) in [5, 5.41) is 7.86. The number of aryl methyl sites for hydroxylation is 1. The molecule has 0 saturated carbocycles. The molecular formula is C7H10N6O. The Morgan fingerprint density at radius 1 is 1.36 bits per heavy atom. The van der Waals surface area contributed by atoms with Gasteiger partial charge in [0.15, 0.2) is 5.52 Å². The fraction of sp³-hybridized carbons (Fsp3) is 0.429. The molecule has 0 radical (unpaired) electrons. The predicted octanol–water partition coefficient (Wildman–Crippen LogP) is -0.882. The molecule has 0 unspecified atom stereocenters. The molecule has 2 aromatic rings. The number of aromatic nitrogens is 5. The summed E-state index contributed by atoms with van der Waals surface area (Å²) in [6.07, 6.45) is 0. The number of aromatic amines is 1. The highest BCUT2D eigenvalue weighted by molar-refractivity contribution is 5.68. The third kappa shape index (κ3) is 1.22. The van der Waals surface area contributed by atoms with Gasteiger partial charge in [0, 0.05) is 21.1 Å². The van der Waals surface area contributed by atoms with Gasteiger partial charge >= 0.3 is 0 Å². The normalized spacial score (nSPS) is 10.8. The summed E-state index contributed by atoms with van der Waals surface area (Å²) in [5.74, 6) is 0.475. The number of fused-ring (bicyclic) bond motifs is 1. The van der Waals surface area contributed by atoms with E-state index in [1.54, 1.807) is 26.0 Å². The van der Waals surface area contributed by atoms with Gasteiger partial charge in [-0.1, -0.05) is 0 Å². The van der Waals surface area contributed by atoms with Gasteiger partial charge < -0.3 is 4.90 Å². The molecule has 0 fully saturated rings. The lowest BCUT2D eigenvalue weighted by Crippen LogP contribution is -2.18. The minimum absolute atomic E-state index is 0.262. The first-order valence-electron chi connectivity index (χ1n) is 4.06. The van der Waals surface area contributed by atoms with Gasteiger partial charge in [0.1, 0.15) is 0 Å². The zero-order chi connectivity index (χ0) is 10.3. The van der Waals surface area contributed by atoms with Crippen LogP contribution in [0.5, 0.6) is 0 Å². The summed E-state index contributed by atoms with van der Waals surface area (Å²) in [7, 11) is 5.23. The maximum absolute atomic E-state index is 11.5. The molecule has 0 bridgehead atoms. The highest BCUT2D eigenvalue weighted by Crippen LogP contribution is 2.04. The Hall–Kier alpha value is -1.92. The van der Waals surface area contributed by atoms with Crippen LogP contribution < -0.4 is 10.5 Å². The molecule has 1 N–H and O–H groups in total. The number of nitrogens with one attached hydrogen (secondary N) is 1. The zero-order valence-corrected chi connectivity index (χ0v) is 8.14. The monoisotopic (exact) mass is 194 g/mol. The Balaban J connectivity index is 2.78. The van der Waals surface area contributed by atoms with E-state index in [4.69, 9.17) is 0 Å². The second-order valence-corrected chi connectivity index (χ2v) is 3.15. The van der Waals surface area contributed by atoms with Gasteiger partial charge in [0.2, 0.25) is 11.6 Å². The Morgan fingerprint density at radius 2 is 2.07 bits per heavy atom. The van der Waals surface area contributed by atoms with Crippen molar-refractivity contribution in [3.63, 3.8) is 0 Å². The van der Waals surface area contributed by atoms with Gasteiger partial charge in [0.05, 0.1) is 0 Å². The molecule has 0 spiro atoms. The molecule has 2 heterocycles. The van der Waals surface area contributed by atoms with E-state index in [1.807, 2.05) is 0 Å². The SMILES string of the molecule is CN(C)c1nc2nn(C)nc2c(=O)[nH]1. The molecule has 0 aliphatic rings. The fourth-order valence-electron chi connectivity index (χ4n) is 1.12. The van der Waals surface area contributed by atoms with E-state index in [1.165, 1.54) is 4.80 Å². The lowest BCUT2D eigenvalue weighted by atomic mass is 10.5. The number of anilines is 1. The van der Waals surface area contributed by atoms with Gasteiger partial charge in [-0.15, -0.1) is 10.2 Å².